The van der Waals surface area contributed by atoms with Crippen molar-refractivity contribution in [1.29, 1.82) is 0 Å². The molecule has 7 heteroatoms. The van der Waals surface area contributed by atoms with Crippen LogP contribution in [0.3, 0.4) is 0 Å². The summed E-state index contributed by atoms with van der Waals surface area (Å²) in [5.74, 6) is 4.67. The van der Waals surface area contributed by atoms with Gasteiger partial charge in [0.25, 0.3) is 0 Å². The lowest BCUT2D eigenvalue weighted by Gasteiger charge is -2.61. The van der Waals surface area contributed by atoms with E-state index in [-0.39, 0.29) is 30.0 Å². The van der Waals surface area contributed by atoms with Gasteiger partial charge in [-0.05, 0) is 122 Å². The van der Waals surface area contributed by atoms with Crippen molar-refractivity contribution in [2.45, 2.75) is 123 Å². The summed E-state index contributed by atoms with van der Waals surface area (Å²) >= 11 is 0. The molecule has 1 aromatic rings. The first-order chi connectivity index (χ1) is 20.6. The van der Waals surface area contributed by atoms with E-state index in [4.69, 9.17) is 4.74 Å². The van der Waals surface area contributed by atoms with Crippen LogP contribution in [0.5, 0.6) is 0 Å². The lowest BCUT2D eigenvalue weighted by atomic mass is 9.44. The first-order valence-corrected chi connectivity index (χ1v) is 17.5. The number of carbonyl (C=O) groups is 2. The monoisotopic (exact) mass is 590 g/mol. The van der Waals surface area contributed by atoms with Gasteiger partial charge < -0.3 is 15.4 Å². The van der Waals surface area contributed by atoms with Gasteiger partial charge in [-0.3, -0.25) is 19.9 Å². The van der Waals surface area contributed by atoms with Gasteiger partial charge in [0.05, 0.1) is 6.10 Å². The molecule has 7 rings (SSSR count). The van der Waals surface area contributed by atoms with E-state index in [2.05, 4.69) is 48.6 Å². The van der Waals surface area contributed by atoms with Gasteiger partial charge in [0.1, 0.15) is 12.1 Å². The van der Waals surface area contributed by atoms with Crippen molar-refractivity contribution in [2.24, 2.45) is 52.3 Å². The Morgan fingerprint density at radius 1 is 1.00 bits per heavy atom. The highest BCUT2D eigenvalue weighted by Gasteiger charge is 2.68. The van der Waals surface area contributed by atoms with Gasteiger partial charge in [-0.1, -0.05) is 33.8 Å². The fraction of sp³-hybridized carbons (Fsp3) is 0.806. The van der Waals surface area contributed by atoms with Crippen LogP contribution in [-0.2, 0) is 20.9 Å². The zero-order valence-electron chi connectivity index (χ0n) is 26.9. The number of pyridine rings is 1. The number of rotatable bonds is 5. The molecule has 1 aromatic heterocycles. The quantitative estimate of drug-likeness (QED) is 0.389. The molecule has 3 N–H and O–H groups in total. The first kappa shape index (κ1) is 29.7. The average molecular weight is 591 g/mol. The predicted molar refractivity (Wildman–Crippen MR) is 166 cm³/mol. The zero-order chi connectivity index (χ0) is 30.0. The Labute approximate surface area is 258 Å². The molecule has 2 saturated heterocycles. The van der Waals surface area contributed by atoms with E-state index in [0.29, 0.717) is 41.2 Å². The topological polar surface area (TPSA) is 92.4 Å². The molecule has 12 atom stereocenters. The molecule has 2 amide bonds. The SMILES string of the molecule is C[C@@H]1CC[C@@]2(NC1)O[C@H]1C[C@H]3[C@@H]4CC[C@H]5C[C@@H](NC(=O)CC(=O)NCc6cccnc6)CC[C@]5(C)[C@H]4CC[C@]3(C)[C@H]1[C@@H]2C. The summed E-state index contributed by atoms with van der Waals surface area (Å²) in [6, 6.07) is 3.96. The van der Waals surface area contributed by atoms with Crippen molar-refractivity contribution in [1.82, 2.24) is 20.9 Å². The third-order valence-electron chi connectivity index (χ3n) is 14.0. The van der Waals surface area contributed by atoms with Gasteiger partial charge in [-0.15, -0.1) is 0 Å². The zero-order valence-corrected chi connectivity index (χ0v) is 26.9. The highest BCUT2D eigenvalue weighted by Crippen LogP contribution is 2.71. The number of nitrogens with one attached hydrogen (secondary N) is 3. The predicted octanol–water partition coefficient (Wildman–Crippen LogP) is 5.59. The van der Waals surface area contributed by atoms with E-state index < -0.39 is 0 Å². The molecular weight excluding hydrogens is 536 g/mol. The molecule has 0 bridgehead atoms. The third kappa shape index (κ3) is 5.05. The number of ether oxygens (including phenoxy) is 1. The van der Waals surface area contributed by atoms with E-state index in [9.17, 15) is 9.59 Å². The Morgan fingerprint density at radius 2 is 1.84 bits per heavy atom. The van der Waals surface area contributed by atoms with Crippen LogP contribution in [0.15, 0.2) is 24.5 Å². The second kappa shape index (κ2) is 11.1. The molecule has 7 nitrogen and oxygen atoms in total. The summed E-state index contributed by atoms with van der Waals surface area (Å²) in [5, 5.41) is 9.99. The minimum Gasteiger partial charge on any atom is -0.357 e. The standard InChI is InChI=1S/C36H54N4O3/c1-22-9-14-36(39-19-22)23(2)33-30(43-36)17-29-27-8-7-25-16-26(10-12-34(25,3)28(27)11-13-35(29,33)4)40-32(42)18-31(41)38-21-24-6-5-15-37-20-24/h5-6,15,20,22-23,25-30,33,39H,7-14,16-19,21H2,1-4H3,(H,38,41)(H,40,42)/t22-,23+,25+,26+,27-,28+,29+,30+,33+,34+,35+,36-/m1/s1. The van der Waals surface area contributed by atoms with Crippen molar-refractivity contribution >= 4 is 11.8 Å². The second-order valence-electron chi connectivity index (χ2n) is 16.2. The highest BCUT2D eigenvalue weighted by atomic mass is 16.5. The van der Waals surface area contributed by atoms with Crippen LogP contribution < -0.4 is 16.0 Å². The third-order valence-corrected chi connectivity index (χ3v) is 14.0. The van der Waals surface area contributed by atoms with E-state index >= 15 is 0 Å². The van der Waals surface area contributed by atoms with Gasteiger partial charge in [0.15, 0.2) is 0 Å². The number of fused-ring (bicyclic) bond motifs is 7. The molecule has 0 aromatic carbocycles. The molecule has 1 spiro atoms. The molecule has 2 aliphatic heterocycles. The lowest BCUT2D eigenvalue weighted by Crippen LogP contribution is -2.58. The van der Waals surface area contributed by atoms with Gasteiger partial charge in [0.2, 0.25) is 11.8 Å². The van der Waals surface area contributed by atoms with Gasteiger partial charge in [-0.25, -0.2) is 0 Å². The molecule has 0 radical (unpaired) electrons. The first-order valence-electron chi connectivity index (χ1n) is 17.5. The lowest BCUT2D eigenvalue weighted by molar-refractivity contribution is -0.137. The molecule has 6 fully saturated rings. The van der Waals surface area contributed by atoms with Crippen LogP contribution in [-0.4, -0.2) is 41.2 Å². The molecular formula is C36H54N4O3. The van der Waals surface area contributed by atoms with Gasteiger partial charge in [-0.2, -0.15) is 0 Å². The van der Waals surface area contributed by atoms with Crippen LogP contribution >= 0.6 is 0 Å². The van der Waals surface area contributed by atoms with Crippen LogP contribution in [0.1, 0.15) is 104 Å². The summed E-state index contributed by atoms with van der Waals surface area (Å²) in [4.78, 5) is 29.3. The maximum Gasteiger partial charge on any atom is 0.229 e. The van der Waals surface area contributed by atoms with Crippen molar-refractivity contribution in [3.8, 4) is 0 Å². The van der Waals surface area contributed by atoms with Crippen LogP contribution in [0.4, 0.5) is 0 Å². The van der Waals surface area contributed by atoms with Crippen LogP contribution in [0.2, 0.25) is 0 Å². The Kier molecular flexibility index (Phi) is 7.68. The molecule has 4 aliphatic carbocycles. The van der Waals surface area contributed by atoms with Gasteiger partial charge in [0, 0.05) is 37.4 Å². The summed E-state index contributed by atoms with van der Waals surface area (Å²) in [7, 11) is 0. The number of hydrogen-bond donors (Lipinski definition) is 3. The van der Waals surface area contributed by atoms with Crippen molar-refractivity contribution < 1.29 is 14.3 Å². The number of hydrogen-bond acceptors (Lipinski definition) is 5. The van der Waals surface area contributed by atoms with E-state index in [1.54, 1.807) is 12.4 Å². The number of carbonyl (C=O) groups excluding carboxylic acids is 2. The Hall–Kier alpha value is -1.99. The van der Waals surface area contributed by atoms with E-state index in [0.717, 1.165) is 48.6 Å². The summed E-state index contributed by atoms with van der Waals surface area (Å²) in [6.45, 7) is 11.6. The number of aromatic nitrogens is 1. The van der Waals surface area contributed by atoms with Crippen molar-refractivity contribution in [3.05, 3.63) is 30.1 Å². The smallest absolute Gasteiger partial charge is 0.229 e. The second-order valence-corrected chi connectivity index (χ2v) is 16.2. The van der Waals surface area contributed by atoms with E-state index in [1.165, 1.54) is 51.4 Å². The minimum atomic E-state index is -0.230. The molecule has 43 heavy (non-hydrogen) atoms. The fourth-order valence-corrected chi connectivity index (χ4v) is 11.8. The normalized spacial score (nSPS) is 46.7. The van der Waals surface area contributed by atoms with Crippen LogP contribution in [0.25, 0.3) is 0 Å². The average Bonchev–Trinajstić information content (AvgIpc) is 3.44. The van der Waals surface area contributed by atoms with Crippen molar-refractivity contribution in [3.63, 3.8) is 0 Å². The summed E-state index contributed by atoms with van der Waals surface area (Å²) in [5.41, 5.74) is 1.60. The number of amides is 2. The molecule has 0 unspecified atom stereocenters. The maximum absolute atomic E-state index is 12.8. The molecule has 4 saturated carbocycles. The number of piperidine rings is 1. The Balaban J connectivity index is 0.952. The van der Waals surface area contributed by atoms with E-state index in [1.807, 2.05) is 12.1 Å². The molecule has 6 aliphatic rings. The highest BCUT2D eigenvalue weighted by molar-refractivity contribution is 5.96. The van der Waals surface area contributed by atoms with Gasteiger partial charge >= 0.3 is 0 Å². The fourth-order valence-electron chi connectivity index (χ4n) is 11.8. The number of nitrogens with zero attached hydrogens (tertiary/aromatic N) is 1. The summed E-state index contributed by atoms with van der Waals surface area (Å²) in [6.07, 6.45) is 16.0. The van der Waals surface area contributed by atoms with Crippen molar-refractivity contribution in [2.75, 3.05) is 6.54 Å². The molecule has 236 valence electrons. The van der Waals surface area contributed by atoms with Crippen LogP contribution in [0, 0.1) is 52.3 Å². The summed E-state index contributed by atoms with van der Waals surface area (Å²) < 4.78 is 7.08. The minimum absolute atomic E-state index is 0.0841. The Bertz CT molecular complexity index is 1200. The maximum atomic E-state index is 12.8. The Morgan fingerprint density at radius 3 is 2.60 bits per heavy atom. The molecule has 3 heterocycles. The largest absolute Gasteiger partial charge is 0.357 e.